The fourth-order valence-electron chi connectivity index (χ4n) is 1.58. The van der Waals surface area contributed by atoms with E-state index in [-0.39, 0.29) is 0 Å². The fourth-order valence-corrected chi connectivity index (χ4v) is 2.83. The molecule has 1 atom stereocenters. The maximum absolute atomic E-state index is 3.82. The van der Waals surface area contributed by atoms with Crippen LogP contribution in [0.15, 0.2) is 41.4 Å². The molecule has 1 aromatic heterocycles. The van der Waals surface area contributed by atoms with Gasteiger partial charge in [-0.3, -0.25) is 0 Å². The van der Waals surface area contributed by atoms with Crippen LogP contribution < -0.4 is 5.32 Å². The molecule has 1 heterocycles. The first-order valence-electron chi connectivity index (χ1n) is 5.22. The Hall–Kier alpha value is -0.640. The van der Waals surface area contributed by atoms with Gasteiger partial charge in [0.25, 0.3) is 0 Å². The third-order valence-corrected chi connectivity index (χ3v) is 4.05. The lowest BCUT2D eigenvalue weighted by molar-refractivity contribution is 0.626. The molecule has 0 bridgehead atoms. The molecule has 0 aliphatic carbocycles. The third-order valence-electron chi connectivity index (χ3n) is 2.47. The minimum absolute atomic E-state index is 0.367. The molecule has 0 aliphatic rings. The highest BCUT2D eigenvalue weighted by Gasteiger charge is 2.08. The number of nitrogens with one attached hydrogen (secondary N) is 1. The molecule has 16 heavy (non-hydrogen) atoms. The van der Waals surface area contributed by atoms with Crippen molar-refractivity contribution in [3.63, 3.8) is 0 Å². The van der Waals surface area contributed by atoms with Gasteiger partial charge in [-0.05, 0) is 24.4 Å². The largest absolute Gasteiger partial charge is 0.305 e. The van der Waals surface area contributed by atoms with Gasteiger partial charge in [-0.25, -0.2) is 0 Å². The second-order valence-electron chi connectivity index (χ2n) is 3.81. The second kappa shape index (κ2) is 5.13. The summed E-state index contributed by atoms with van der Waals surface area (Å²) in [7, 11) is 0. The highest BCUT2D eigenvalue weighted by molar-refractivity contribution is 9.11. The molecule has 1 aromatic carbocycles. The Balaban J connectivity index is 2.16. The van der Waals surface area contributed by atoms with Gasteiger partial charge in [0.15, 0.2) is 0 Å². The molecule has 0 fully saturated rings. The summed E-state index contributed by atoms with van der Waals surface area (Å²) in [6.07, 6.45) is 0. The summed E-state index contributed by atoms with van der Waals surface area (Å²) in [6, 6.07) is 11.1. The van der Waals surface area contributed by atoms with Crippen molar-refractivity contribution in [3.05, 3.63) is 46.3 Å². The Morgan fingerprint density at radius 1 is 1.50 bits per heavy atom. The van der Waals surface area contributed by atoms with Crippen LogP contribution in [-0.4, -0.2) is 6.54 Å². The lowest BCUT2D eigenvalue weighted by Gasteiger charge is -2.10. The molecule has 2 aromatic rings. The highest BCUT2D eigenvalue weighted by Crippen LogP contribution is 2.29. The summed E-state index contributed by atoms with van der Waals surface area (Å²) in [5.74, 6) is 0. The molecule has 1 nitrogen and oxygen atoms in total. The van der Waals surface area contributed by atoms with Gasteiger partial charge in [0.05, 0.1) is 0 Å². The van der Waals surface area contributed by atoms with Crippen molar-refractivity contribution in [2.75, 3.05) is 6.54 Å². The summed E-state index contributed by atoms with van der Waals surface area (Å²) in [4.78, 5) is 1.37. The first kappa shape index (κ1) is 11.8. The van der Waals surface area contributed by atoms with Crippen molar-refractivity contribution in [1.82, 2.24) is 5.32 Å². The SMILES string of the molecule is C=C(Br)CNC(C)c1cc2ccccc2s1. The molecule has 84 valence electrons. The first-order valence-corrected chi connectivity index (χ1v) is 6.83. The second-order valence-corrected chi connectivity index (χ2v) is 6.04. The lowest BCUT2D eigenvalue weighted by Crippen LogP contribution is -2.18. The zero-order chi connectivity index (χ0) is 11.5. The predicted octanol–water partition coefficient (Wildman–Crippen LogP) is 4.46. The maximum Gasteiger partial charge on any atom is 0.0389 e. The first-order chi connectivity index (χ1) is 7.66. The van der Waals surface area contributed by atoms with Gasteiger partial charge in [0.2, 0.25) is 0 Å². The Bertz CT molecular complexity index is 470. The van der Waals surface area contributed by atoms with Crippen molar-refractivity contribution in [2.45, 2.75) is 13.0 Å². The molecule has 0 saturated carbocycles. The van der Waals surface area contributed by atoms with Crippen LogP contribution >= 0.6 is 27.3 Å². The van der Waals surface area contributed by atoms with E-state index in [1.54, 1.807) is 0 Å². The highest BCUT2D eigenvalue weighted by atomic mass is 79.9. The number of fused-ring (bicyclic) bond motifs is 1. The number of hydrogen-bond donors (Lipinski definition) is 1. The molecule has 0 aliphatic heterocycles. The molecule has 3 heteroatoms. The molecular weight excluding hydrogens is 282 g/mol. The standard InChI is InChI=1S/C13H14BrNS/c1-9(14)8-15-10(2)13-7-11-5-3-4-6-12(11)16-13/h3-7,10,15H,1,8H2,2H3. The predicted molar refractivity (Wildman–Crippen MR) is 76.3 cm³/mol. The molecule has 0 saturated heterocycles. The van der Waals surface area contributed by atoms with E-state index < -0.39 is 0 Å². The Morgan fingerprint density at radius 2 is 2.25 bits per heavy atom. The van der Waals surface area contributed by atoms with Crippen LogP contribution in [0.4, 0.5) is 0 Å². The van der Waals surface area contributed by atoms with E-state index in [1.807, 2.05) is 11.3 Å². The van der Waals surface area contributed by atoms with E-state index in [4.69, 9.17) is 0 Å². The molecule has 1 unspecified atom stereocenters. The minimum Gasteiger partial charge on any atom is -0.305 e. The van der Waals surface area contributed by atoms with Crippen LogP contribution in [0.1, 0.15) is 17.8 Å². The molecular formula is C13H14BrNS. The molecule has 1 N–H and O–H groups in total. The normalized spacial score (nSPS) is 12.9. The summed E-state index contributed by atoms with van der Waals surface area (Å²) >= 11 is 5.21. The van der Waals surface area contributed by atoms with Crippen molar-refractivity contribution in [1.29, 1.82) is 0 Å². The Labute approximate surface area is 108 Å². The fraction of sp³-hybridized carbons (Fsp3) is 0.231. The van der Waals surface area contributed by atoms with Gasteiger partial charge in [0, 0.05) is 26.6 Å². The quantitative estimate of drug-likeness (QED) is 0.878. The van der Waals surface area contributed by atoms with Gasteiger partial charge in [-0.2, -0.15) is 0 Å². The number of benzene rings is 1. The molecule has 0 amide bonds. The summed E-state index contributed by atoms with van der Waals surface area (Å²) < 4.78 is 2.34. The molecule has 0 spiro atoms. The molecule has 0 radical (unpaired) electrons. The van der Waals surface area contributed by atoms with E-state index in [9.17, 15) is 0 Å². The number of hydrogen-bond acceptors (Lipinski definition) is 2. The van der Waals surface area contributed by atoms with Gasteiger partial charge >= 0.3 is 0 Å². The van der Waals surface area contributed by atoms with Crippen LogP contribution in [0, 0.1) is 0 Å². The topological polar surface area (TPSA) is 12.0 Å². The van der Waals surface area contributed by atoms with Gasteiger partial charge in [-0.1, -0.05) is 40.7 Å². The summed E-state index contributed by atoms with van der Waals surface area (Å²) in [5, 5.41) is 4.75. The van der Waals surface area contributed by atoms with Crippen LogP contribution in [0.5, 0.6) is 0 Å². The number of halogens is 1. The van der Waals surface area contributed by atoms with Crippen LogP contribution in [-0.2, 0) is 0 Å². The van der Waals surface area contributed by atoms with Gasteiger partial charge in [-0.15, -0.1) is 11.3 Å². The third kappa shape index (κ3) is 2.73. The van der Waals surface area contributed by atoms with E-state index in [2.05, 4.69) is 65.1 Å². The van der Waals surface area contributed by atoms with E-state index in [0.29, 0.717) is 6.04 Å². The summed E-state index contributed by atoms with van der Waals surface area (Å²) in [5.41, 5.74) is 0. The smallest absolute Gasteiger partial charge is 0.0389 e. The van der Waals surface area contributed by atoms with Gasteiger partial charge in [0.1, 0.15) is 0 Å². The average molecular weight is 296 g/mol. The lowest BCUT2D eigenvalue weighted by atomic mass is 10.2. The van der Waals surface area contributed by atoms with Crippen LogP contribution in [0.2, 0.25) is 0 Å². The monoisotopic (exact) mass is 295 g/mol. The number of rotatable bonds is 4. The number of thiophene rings is 1. The van der Waals surface area contributed by atoms with Crippen molar-refractivity contribution in [2.24, 2.45) is 0 Å². The Morgan fingerprint density at radius 3 is 2.94 bits per heavy atom. The van der Waals surface area contributed by atoms with Crippen molar-refractivity contribution < 1.29 is 0 Å². The Kier molecular flexibility index (Phi) is 3.79. The zero-order valence-corrected chi connectivity index (χ0v) is 11.6. The van der Waals surface area contributed by atoms with E-state index in [1.165, 1.54) is 15.0 Å². The van der Waals surface area contributed by atoms with Crippen LogP contribution in [0.3, 0.4) is 0 Å². The van der Waals surface area contributed by atoms with Gasteiger partial charge < -0.3 is 5.32 Å². The summed E-state index contributed by atoms with van der Waals surface area (Å²) in [6.45, 7) is 6.80. The molecule has 2 rings (SSSR count). The van der Waals surface area contributed by atoms with Crippen molar-refractivity contribution >= 4 is 37.4 Å². The average Bonchev–Trinajstić information content (AvgIpc) is 2.69. The van der Waals surface area contributed by atoms with E-state index >= 15 is 0 Å². The maximum atomic E-state index is 3.82. The zero-order valence-electron chi connectivity index (χ0n) is 9.16. The van der Waals surface area contributed by atoms with E-state index in [0.717, 1.165) is 11.0 Å². The minimum atomic E-state index is 0.367. The van der Waals surface area contributed by atoms with Crippen molar-refractivity contribution in [3.8, 4) is 0 Å². The van der Waals surface area contributed by atoms with Crippen LogP contribution in [0.25, 0.3) is 10.1 Å².